The van der Waals surface area contributed by atoms with E-state index in [9.17, 15) is 5.11 Å². The number of aliphatic hydroxyl groups is 1. The Morgan fingerprint density at radius 3 is 2.71 bits per heavy atom. The van der Waals surface area contributed by atoms with E-state index in [1.807, 2.05) is 12.1 Å². The molecule has 1 aromatic carbocycles. The van der Waals surface area contributed by atoms with Gasteiger partial charge in [-0.3, -0.25) is 0 Å². The fourth-order valence-electron chi connectivity index (χ4n) is 2.82. The minimum Gasteiger partial charge on any atom is -0.392 e. The molecule has 3 heteroatoms. The Balaban J connectivity index is 2.54. The number of para-hydroxylation sites is 1. The van der Waals surface area contributed by atoms with Crippen molar-refractivity contribution < 1.29 is 5.11 Å². The van der Waals surface area contributed by atoms with Crippen molar-refractivity contribution in [2.45, 2.75) is 45.9 Å². The third-order valence-corrected chi connectivity index (χ3v) is 3.42. The lowest BCUT2D eigenvalue weighted by molar-refractivity contribution is 0.282. The van der Waals surface area contributed by atoms with Crippen LogP contribution in [-0.4, -0.2) is 23.2 Å². The van der Waals surface area contributed by atoms with E-state index in [1.165, 1.54) is 5.69 Å². The van der Waals surface area contributed by atoms with Crippen LogP contribution in [0.25, 0.3) is 0 Å². The second-order valence-electron chi connectivity index (χ2n) is 5.60. The van der Waals surface area contributed by atoms with Crippen LogP contribution in [-0.2, 0) is 6.61 Å². The maximum Gasteiger partial charge on any atom is 0.0702 e. The summed E-state index contributed by atoms with van der Waals surface area (Å²) in [5, 5.41) is 12.8. The van der Waals surface area contributed by atoms with Crippen molar-refractivity contribution in [1.29, 1.82) is 0 Å². The van der Waals surface area contributed by atoms with Crippen LogP contribution >= 0.6 is 0 Å². The van der Waals surface area contributed by atoms with E-state index >= 15 is 0 Å². The van der Waals surface area contributed by atoms with Gasteiger partial charge in [0.2, 0.25) is 0 Å². The molecule has 0 aliphatic carbocycles. The van der Waals surface area contributed by atoms with Gasteiger partial charge in [0.15, 0.2) is 0 Å². The van der Waals surface area contributed by atoms with E-state index in [2.05, 4.69) is 44.0 Å². The second-order valence-corrected chi connectivity index (χ2v) is 5.60. The van der Waals surface area contributed by atoms with Crippen molar-refractivity contribution in [2.75, 3.05) is 16.8 Å². The van der Waals surface area contributed by atoms with E-state index in [0.717, 1.165) is 17.8 Å². The Morgan fingerprint density at radius 1 is 1.41 bits per heavy atom. The lowest BCUT2D eigenvalue weighted by Gasteiger charge is -2.48. The van der Waals surface area contributed by atoms with Crippen LogP contribution in [0.15, 0.2) is 18.2 Å². The van der Waals surface area contributed by atoms with Crippen molar-refractivity contribution in [3.63, 3.8) is 0 Å². The van der Waals surface area contributed by atoms with Crippen molar-refractivity contribution in [3.05, 3.63) is 23.8 Å². The SMILES string of the molecule is CC(C)N1c2cccc(CO)c2NCC1(C)C. The Morgan fingerprint density at radius 2 is 2.12 bits per heavy atom. The van der Waals surface area contributed by atoms with Gasteiger partial charge in [-0.2, -0.15) is 0 Å². The molecule has 1 aromatic rings. The molecular formula is C14H22N2O. The molecule has 0 fully saturated rings. The number of hydrogen-bond acceptors (Lipinski definition) is 3. The zero-order valence-corrected chi connectivity index (χ0v) is 11.1. The molecule has 2 rings (SSSR count). The lowest BCUT2D eigenvalue weighted by atomic mass is 9.94. The standard InChI is InChI=1S/C14H22N2O/c1-10(2)16-12-7-5-6-11(8-17)13(12)15-9-14(16,3)4/h5-7,10,15,17H,8-9H2,1-4H3. The van der Waals surface area contributed by atoms with Gasteiger partial charge >= 0.3 is 0 Å². The average molecular weight is 234 g/mol. The smallest absolute Gasteiger partial charge is 0.0702 e. The van der Waals surface area contributed by atoms with Crippen molar-refractivity contribution in [1.82, 2.24) is 0 Å². The molecule has 2 N–H and O–H groups in total. The highest BCUT2D eigenvalue weighted by molar-refractivity contribution is 5.77. The third kappa shape index (κ3) is 2.00. The normalized spacial score (nSPS) is 17.9. The number of fused-ring (bicyclic) bond motifs is 1. The maximum absolute atomic E-state index is 9.39. The van der Waals surface area contributed by atoms with E-state index in [1.54, 1.807) is 0 Å². The first kappa shape index (κ1) is 12.2. The minimum atomic E-state index is 0.0859. The number of rotatable bonds is 2. The first-order valence-electron chi connectivity index (χ1n) is 6.23. The molecule has 1 aliphatic heterocycles. The molecule has 0 aromatic heterocycles. The summed E-state index contributed by atoms with van der Waals surface area (Å²) < 4.78 is 0. The molecule has 17 heavy (non-hydrogen) atoms. The van der Waals surface area contributed by atoms with E-state index in [-0.39, 0.29) is 12.1 Å². The molecule has 0 atom stereocenters. The Hall–Kier alpha value is -1.22. The first-order chi connectivity index (χ1) is 7.97. The topological polar surface area (TPSA) is 35.5 Å². The van der Waals surface area contributed by atoms with Gasteiger partial charge in [0, 0.05) is 18.2 Å². The summed E-state index contributed by atoms with van der Waals surface area (Å²) in [6.07, 6.45) is 0. The van der Waals surface area contributed by atoms with Gasteiger partial charge in [-0.05, 0) is 33.8 Å². The molecule has 0 spiro atoms. The highest BCUT2D eigenvalue weighted by Gasteiger charge is 2.34. The van der Waals surface area contributed by atoms with Gasteiger partial charge in [-0.1, -0.05) is 12.1 Å². The van der Waals surface area contributed by atoms with Crippen LogP contribution < -0.4 is 10.2 Å². The van der Waals surface area contributed by atoms with Gasteiger partial charge in [-0.15, -0.1) is 0 Å². The molecule has 1 aliphatic rings. The number of benzene rings is 1. The largest absolute Gasteiger partial charge is 0.392 e. The molecule has 0 saturated heterocycles. The van der Waals surface area contributed by atoms with Crippen LogP contribution in [0.2, 0.25) is 0 Å². The predicted octanol–water partition coefficient (Wildman–Crippen LogP) is 2.60. The van der Waals surface area contributed by atoms with E-state index in [4.69, 9.17) is 0 Å². The highest BCUT2D eigenvalue weighted by Crippen LogP contribution is 2.39. The molecule has 0 saturated carbocycles. The summed E-state index contributed by atoms with van der Waals surface area (Å²) in [7, 11) is 0. The number of hydrogen-bond donors (Lipinski definition) is 2. The molecule has 3 nitrogen and oxygen atoms in total. The van der Waals surface area contributed by atoms with Gasteiger partial charge in [0.05, 0.1) is 23.5 Å². The zero-order chi connectivity index (χ0) is 12.6. The van der Waals surface area contributed by atoms with Gasteiger partial charge in [0.25, 0.3) is 0 Å². The third-order valence-electron chi connectivity index (χ3n) is 3.42. The summed E-state index contributed by atoms with van der Waals surface area (Å²) in [4.78, 5) is 2.43. The molecule has 0 bridgehead atoms. The minimum absolute atomic E-state index is 0.0859. The van der Waals surface area contributed by atoms with Crippen LogP contribution in [0.4, 0.5) is 11.4 Å². The molecule has 94 valence electrons. The Labute approximate surface area is 103 Å². The fraction of sp³-hybridized carbons (Fsp3) is 0.571. The van der Waals surface area contributed by atoms with Gasteiger partial charge in [-0.25, -0.2) is 0 Å². The summed E-state index contributed by atoms with van der Waals surface area (Å²) >= 11 is 0. The number of nitrogens with one attached hydrogen (secondary N) is 1. The van der Waals surface area contributed by atoms with Crippen molar-refractivity contribution in [3.8, 4) is 0 Å². The summed E-state index contributed by atoms with van der Waals surface area (Å²) in [6.45, 7) is 9.89. The van der Waals surface area contributed by atoms with Gasteiger partial charge < -0.3 is 15.3 Å². The molecule has 0 unspecified atom stereocenters. The molecule has 0 radical (unpaired) electrons. The van der Waals surface area contributed by atoms with Crippen LogP contribution in [0.5, 0.6) is 0 Å². The van der Waals surface area contributed by atoms with E-state index < -0.39 is 0 Å². The average Bonchev–Trinajstić information content (AvgIpc) is 2.26. The predicted molar refractivity (Wildman–Crippen MR) is 72.5 cm³/mol. The Kier molecular flexibility index (Phi) is 3.04. The highest BCUT2D eigenvalue weighted by atomic mass is 16.3. The fourth-order valence-corrected chi connectivity index (χ4v) is 2.82. The summed E-state index contributed by atoms with van der Waals surface area (Å²) in [5.74, 6) is 0. The molecular weight excluding hydrogens is 212 g/mol. The molecule has 1 heterocycles. The quantitative estimate of drug-likeness (QED) is 0.825. The van der Waals surface area contributed by atoms with E-state index in [0.29, 0.717) is 6.04 Å². The van der Waals surface area contributed by atoms with Crippen molar-refractivity contribution >= 4 is 11.4 Å². The van der Waals surface area contributed by atoms with Crippen LogP contribution in [0, 0.1) is 0 Å². The molecule has 0 amide bonds. The number of anilines is 2. The number of aliphatic hydroxyl groups excluding tert-OH is 1. The maximum atomic E-state index is 9.39. The Bertz CT molecular complexity index is 413. The van der Waals surface area contributed by atoms with Gasteiger partial charge in [0.1, 0.15) is 0 Å². The van der Waals surface area contributed by atoms with Crippen LogP contribution in [0.3, 0.4) is 0 Å². The summed E-state index contributed by atoms with van der Waals surface area (Å²) in [6, 6.07) is 6.56. The van der Waals surface area contributed by atoms with Crippen LogP contribution in [0.1, 0.15) is 33.3 Å². The summed E-state index contributed by atoms with van der Waals surface area (Å²) in [5.41, 5.74) is 3.35. The first-order valence-corrected chi connectivity index (χ1v) is 6.23. The monoisotopic (exact) mass is 234 g/mol. The zero-order valence-electron chi connectivity index (χ0n) is 11.1. The second kappa shape index (κ2) is 4.22. The lowest BCUT2D eigenvalue weighted by Crippen LogP contribution is -2.55. The van der Waals surface area contributed by atoms with Crippen molar-refractivity contribution in [2.24, 2.45) is 0 Å². The number of nitrogens with zero attached hydrogens (tertiary/aromatic N) is 1.